The summed E-state index contributed by atoms with van der Waals surface area (Å²) in [5, 5.41) is 8.12. The van der Waals surface area contributed by atoms with E-state index in [9.17, 15) is 4.79 Å². The number of carboxylic acids is 1. The van der Waals surface area contributed by atoms with Gasteiger partial charge in [0.1, 0.15) is 5.54 Å². The van der Waals surface area contributed by atoms with Gasteiger partial charge in [0, 0.05) is 0 Å². The number of carboxylic acid groups (broad SMARTS) is 1. The van der Waals surface area contributed by atoms with Gasteiger partial charge in [-0.1, -0.05) is 0 Å². The Hall–Kier alpha value is 0.430. The fraction of sp³-hybridized carbons (Fsp3) is 0.750. The Bertz CT molecular complexity index is 86.5. The summed E-state index contributed by atoms with van der Waals surface area (Å²) in [5.74, 6) is -0.979. The van der Waals surface area contributed by atoms with Gasteiger partial charge >= 0.3 is 35.5 Å². The van der Waals surface area contributed by atoms with Gasteiger partial charge in [-0.25, -0.2) is 0 Å². The van der Waals surface area contributed by atoms with E-state index in [-0.39, 0.29) is 29.6 Å². The predicted molar refractivity (Wildman–Crippen MR) is 25.9 cm³/mol. The van der Waals surface area contributed by atoms with Crippen molar-refractivity contribution in [3.8, 4) is 0 Å². The van der Waals surface area contributed by atoms with Crippen molar-refractivity contribution < 1.29 is 39.5 Å². The molecule has 3 N–H and O–H groups in total. The molecular formula is C4H9NNaO2+. The molecule has 0 spiro atoms. The third-order valence-electron chi connectivity index (χ3n) is 0.551. The largest absolute Gasteiger partial charge is 1.00 e. The predicted octanol–water partition coefficient (Wildman–Crippen LogP) is -3.19. The Morgan fingerprint density at radius 2 is 1.75 bits per heavy atom. The minimum Gasteiger partial charge on any atom is -0.480 e. The summed E-state index contributed by atoms with van der Waals surface area (Å²) in [6.45, 7) is 2.88. The molecule has 0 saturated carbocycles. The van der Waals surface area contributed by atoms with Crippen LogP contribution in [0.2, 0.25) is 0 Å². The maximum atomic E-state index is 9.90. The topological polar surface area (TPSA) is 63.3 Å². The molecule has 3 nitrogen and oxygen atoms in total. The number of aliphatic carboxylic acids is 1. The number of hydrogen-bond donors (Lipinski definition) is 2. The van der Waals surface area contributed by atoms with Crippen molar-refractivity contribution in [2.24, 2.45) is 5.73 Å². The molecule has 0 aliphatic rings. The average molecular weight is 126 g/mol. The maximum Gasteiger partial charge on any atom is 1.00 e. The third kappa shape index (κ3) is 4.59. The first-order chi connectivity index (χ1) is 2.94. The van der Waals surface area contributed by atoms with Crippen LogP contribution in [0.25, 0.3) is 0 Å². The van der Waals surface area contributed by atoms with Crippen molar-refractivity contribution >= 4 is 5.97 Å². The van der Waals surface area contributed by atoms with E-state index in [4.69, 9.17) is 10.8 Å². The normalized spacial score (nSPS) is 9.88. The summed E-state index contributed by atoms with van der Waals surface area (Å²) in [6, 6.07) is 0. The molecule has 0 aromatic rings. The van der Waals surface area contributed by atoms with Gasteiger partial charge in [-0.2, -0.15) is 0 Å². The van der Waals surface area contributed by atoms with Crippen LogP contribution in [0, 0.1) is 0 Å². The second-order valence-corrected chi connectivity index (χ2v) is 2.03. The second kappa shape index (κ2) is 3.45. The zero-order valence-corrected chi connectivity index (χ0v) is 7.43. The molecule has 0 aromatic heterocycles. The summed E-state index contributed by atoms with van der Waals surface area (Å²) < 4.78 is 0. The molecule has 0 bridgehead atoms. The quantitative estimate of drug-likeness (QED) is 0.364. The minimum atomic E-state index is -1.08. The molecule has 0 unspecified atom stereocenters. The van der Waals surface area contributed by atoms with Gasteiger partial charge in [-0.3, -0.25) is 4.79 Å². The molecule has 0 aliphatic heterocycles. The zero-order valence-electron chi connectivity index (χ0n) is 5.43. The molecule has 0 fully saturated rings. The summed E-state index contributed by atoms with van der Waals surface area (Å²) in [6.07, 6.45) is 0. The second-order valence-electron chi connectivity index (χ2n) is 2.03. The summed E-state index contributed by atoms with van der Waals surface area (Å²) in [7, 11) is 0. The van der Waals surface area contributed by atoms with E-state index in [1.165, 1.54) is 13.8 Å². The number of nitrogens with two attached hydrogens (primary N) is 1. The van der Waals surface area contributed by atoms with Gasteiger partial charge in [0.2, 0.25) is 0 Å². The van der Waals surface area contributed by atoms with Crippen LogP contribution >= 0.6 is 0 Å². The van der Waals surface area contributed by atoms with Crippen LogP contribution in [-0.2, 0) is 4.79 Å². The first kappa shape index (κ1) is 11.3. The van der Waals surface area contributed by atoms with Crippen LogP contribution in [0.1, 0.15) is 13.8 Å². The third-order valence-corrected chi connectivity index (χ3v) is 0.551. The molecule has 0 atom stereocenters. The molecule has 0 heterocycles. The molecule has 0 aromatic carbocycles. The number of hydrogen-bond acceptors (Lipinski definition) is 2. The SMILES string of the molecule is CC(C)(N)C(=O)O.[Na+]. The van der Waals surface area contributed by atoms with Crippen molar-refractivity contribution in [1.29, 1.82) is 0 Å². The van der Waals surface area contributed by atoms with Gasteiger partial charge in [-0.15, -0.1) is 0 Å². The van der Waals surface area contributed by atoms with Gasteiger partial charge in [0.05, 0.1) is 0 Å². The van der Waals surface area contributed by atoms with Crippen LogP contribution in [0.15, 0.2) is 0 Å². The van der Waals surface area contributed by atoms with E-state index < -0.39 is 11.5 Å². The molecule has 8 heavy (non-hydrogen) atoms. The molecule has 0 rings (SSSR count). The van der Waals surface area contributed by atoms with Crippen molar-refractivity contribution in [1.82, 2.24) is 0 Å². The van der Waals surface area contributed by atoms with E-state index in [2.05, 4.69) is 0 Å². The maximum absolute atomic E-state index is 9.90. The molecule has 0 saturated heterocycles. The molecule has 0 amide bonds. The van der Waals surface area contributed by atoms with Crippen molar-refractivity contribution in [3.05, 3.63) is 0 Å². The fourth-order valence-corrected chi connectivity index (χ4v) is 0. The summed E-state index contributed by atoms with van der Waals surface area (Å²) in [5.41, 5.74) is 4.00. The van der Waals surface area contributed by atoms with Crippen LogP contribution in [-0.4, -0.2) is 16.6 Å². The van der Waals surface area contributed by atoms with Gasteiger partial charge < -0.3 is 10.8 Å². The van der Waals surface area contributed by atoms with E-state index in [0.717, 1.165) is 0 Å². The smallest absolute Gasteiger partial charge is 0.480 e. The molecule has 42 valence electrons. The van der Waals surface area contributed by atoms with Crippen molar-refractivity contribution in [2.45, 2.75) is 19.4 Å². The Labute approximate surface area is 70.5 Å². The van der Waals surface area contributed by atoms with E-state index in [0.29, 0.717) is 0 Å². The van der Waals surface area contributed by atoms with Gasteiger partial charge in [-0.05, 0) is 13.8 Å². The van der Waals surface area contributed by atoms with E-state index >= 15 is 0 Å². The van der Waals surface area contributed by atoms with Crippen LogP contribution < -0.4 is 35.3 Å². The molecule has 0 aliphatic carbocycles. The Kier molecular flexibility index (Phi) is 4.86. The molecule has 4 heteroatoms. The average Bonchev–Trinajstić information content (AvgIpc) is 1.31. The van der Waals surface area contributed by atoms with Gasteiger partial charge in [0.25, 0.3) is 0 Å². The monoisotopic (exact) mass is 126 g/mol. The molecule has 0 radical (unpaired) electrons. The number of carbonyl (C=O) groups is 1. The Morgan fingerprint density at radius 1 is 1.62 bits per heavy atom. The first-order valence-electron chi connectivity index (χ1n) is 1.97. The standard InChI is InChI=1S/C4H9NO2.Na/c1-4(2,5)3(6)7;/h5H2,1-2H3,(H,6,7);/q;+1. The van der Waals surface area contributed by atoms with Crippen LogP contribution in [0.5, 0.6) is 0 Å². The zero-order chi connectivity index (χ0) is 6.08. The Balaban J connectivity index is 0. The summed E-state index contributed by atoms with van der Waals surface area (Å²) in [4.78, 5) is 9.90. The number of rotatable bonds is 1. The fourth-order valence-electron chi connectivity index (χ4n) is 0. The first-order valence-corrected chi connectivity index (χ1v) is 1.97. The van der Waals surface area contributed by atoms with E-state index in [1.54, 1.807) is 0 Å². The minimum absolute atomic E-state index is 0. The van der Waals surface area contributed by atoms with Crippen molar-refractivity contribution in [2.75, 3.05) is 0 Å². The van der Waals surface area contributed by atoms with Gasteiger partial charge in [0.15, 0.2) is 0 Å². The van der Waals surface area contributed by atoms with Crippen LogP contribution in [0.3, 0.4) is 0 Å². The van der Waals surface area contributed by atoms with E-state index in [1.807, 2.05) is 0 Å². The van der Waals surface area contributed by atoms with Crippen LogP contribution in [0.4, 0.5) is 0 Å². The van der Waals surface area contributed by atoms with Crippen molar-refractivity contribution in [3.63, 3.8) is 0 Å². The molecular weight excluding hydrogens is 117 g/mol. The summed E-state index contributed by atoms with van der Waals surface area (Å²) >= 11 is 0. The Morgan fingerprint density at radius 3 is 1.75 bits per heavy atom.